The Morgan fingerprint density at radius 1 is 1.26 bits per heavy atom. The number of rotatable bonds is 8. The second-order valence-electron chi connectivity index (χ2n) is 5.47. The third kappa shape index (κ3) is 4.87. The molecule has 2 nitrogen and oxygen atoms in total. The van der Waals surface area contributed by atoms with E-state index in [-0.39, 0.29) is 0 Å². The van der Waals surface area contributed by atoms with Gasteiger partial charge in [0.15, 0.2) is 0 Å². The minimum atomic E-state index is 0.528. The van der Waals surface area contributed by atoms with Crippen LogP contribution in [0, 0.1) is 12.8 Å². The maximum Gasteiger partial charge on any atom is 0.122 e. The van der Waals surface area contributed by atoms with Crippen molar-refractivity contribution in [2.24, 2.45) is 5.92 Å². The second-order valence-corrected chi connectivity index (χ2v) is 5.47. The molecule has 2 atom stereocenters. The molecule has 0 aliphatic carbocycles. The van der Waals surface area contributed by atoms with E-state index in [0.717, 1.165) is 18.7 Å². The van der Waals surface area contributed by atoms with Crippen LogP contribution in [-0.2, 0) is 6.42 Å². The molecular weight excluding hydrogens is 234 g/mol. The minimum Gasteiger partial charge on any atom is -0.496 e. The molecule has 1 rings (SSSR count). The first-order valence-electron chi connectivity index (χ1n) is 7.49. The molecule has 1 aromatic carbocycles. The minimum absolute atomic E-state index is 0.528. The van der Waals surface area contributed by atoms with Crippen molar-refractivity contribution in [1.82, 2.24) is 5.32 Å². The van der Waals surface area contributed by atoms with E-state index >= 15 is 0 Å². The molecule has 0 aliphatic rings. The van der Waals surface area contributed by atoms with Crippen LogP contribution in [0.25, 0.3) is 0 Å². The third-order valence-corrected chi connectivity index (χ3v) is 3.86. The molecule has 0 bridgehead atoms. The Hall–Kier alpha value is -1.02. The van der Waals surface area contributed by atoms with Gasteiger partial charge in [-0.25, -0.2) is 0 Å². The molecule has 2 unspecified atom stereocenters. The summed E-state index contributed by atoms with van der Waals surface area (Å²) < 4.78 is 5.49. The molecule has 2 heteroatoms. The van der Waals surface area contributed by atoms with Crippen molar-refractivity contribution < 1.29 is 4.74 Å². The lowest BCUT2D eigenvalue weighted by molar-refractivity contribution is 0.355. The normalized spacial score (nSPS) is 14.2. The highest BCUT2D eigenvalue weighted by Crippen LogP contribution is 2.23. The van der Waals surface area contributed by atoms with Gasteiger partial charge in [-0.05, 0) is 43.9 Å². The Kier molecular flexibility index (Phi) is 6.93. The lowest BCUT2D eigenvalue weighted by Gasteiger charge is -2.25. The van der Waals surface area contributed by atoms with Crippen LogP contribution in [0.15, 0.2) is 18.2 Å². The molecular formula is C17H29NO. The maximum absolute atomic E-state index is 5.49. The quantitative estimate of drug-likeness (QED) is 0.766. The summed E-state index contributed by atoms with van der Waals surface area (Å²) in [6, 6.07) is 6.97. The fourth-order valence-corrected chi connectivity index (χ4v) is 2.39. The summed E-state index contributed by atoms with van der Waals surface area (Å²) in [6.07, 6.45) is 3.42. The molecule has 0 aliphatic heterocycles. The molecule has 0 saturated carbocycles. The second kappa shape index (κ2) is 8.21. The Morgan fingerprint density at radius 2 is 2.00 bits per heavy atom. The number of methoxy groups -OCH3 is 1. The van der Waals surface area contributed by atoms with Crippen LogP contribution in [0.5, 0.6) is 5.75 Å². The standard InChI is InChI=1S/C17H29NO/c1-6-10-18-16(14(4)7-2)12-15-11-13(3)8-9-17(15)19-5/h8-9,11,14,16,18H,6-7,10,12H2,1-5H3. The van der Waals surface area contributed by atoms with Gasteiger partial charge in [-0.15, -0.1) is 0 Å². The first-order valence-corrected chi connectivity index (χ1v) is 7.49. The van der Waals surface area contributed by atoms with Crippen molar-refractivity contribution in [3.8, 4) is 5.75 Å². The highest BCUT2D eigenvalue weighted by Gasteiger charge is 2.17. The average Bonchev–Trinajstić information content (AvgIpc) is 2.42. The molecule has 0 aromatic heterocycles. The van der Waals surface area contributed by atoms with Crippen molar-refractivity contribution in [1.29, 1.82) is 0 Å². The van der Waals surface area contributed by atoms with Gasteiger partial charge in [0.05, 0.1) is 7.11 Å². The van der Waals surface area contributed by atoms with Crippen molar-refractivity contribution in [3.63, 3.8) is 0 Å². The highest BCUT2D eigenvalue weighted by atomic mass is 16.5. The summed E-state index contributed by atoms with van der Waals surface area (Å²) in [7, 11) is 1.76. The van der Waals surface area contributed by atoms with Crippen LogP contribution >= 0.6 is 0 Å². The Labute approximate surface area is 118 Å². The fourth-order valence-electron chi connectivity index (χ4n) is 2.39. The van der Waals surface area contributed by atoms with E-state index in [4.69, 9.17) is 4.74 Å². The zero-order valence-corrected chi connectivity index (χ0v) is 13.1. The van der Waals surface area contributed by atoms with E-state index in [1.54, 1.807) is 7.11 Å². The lowest BCUT2D eigenvalue weighted by atomic mass is 9.92. The molecule has 0 saturated heterocycles. The Balaban J connectivity index is 2.85. The van der Waals surface area contributed by atoms with Crippen molar-refractivity contribution >= 4 is 0 Å². The molecule has 0 amide bonds. The van der Waals surface area contributed by atoms with Gasteiger partial charge in [-0.3, -0.25) is 0 Å². The number of nitrogens with one attached hydrogen (secondary N) is 1. The molecule has 1 aromatic rings. The van der Waals surface area contributed by atoms with Crippen LogP contribution in [0.2, 0.25) is 0 Å². The summed E-state index contributed by atoms with van der Waals surface area (Å²) in [6.45, 7) is 10.0. The molecule has 0 fully saturated rings. The number of hydrogen-bond acceptors (Lipinski definition) is 2. The van der Waals surface area contributed by atoms with E-state index in [2.05, 4.69) is 51.2 Å². The van der Waals surface area contributed by atoms with E-state index < -0.39 is 0 Å². The van der Waals surface area contributed by atoms with Crippen molar-refractivity contribution in [2.75, 3.05) is 13.7 Å². The van der Waals surface area contributed by atoms with Gasteiger partial charge >= 0.3 is 0 Å². The van der Waals surface area contributed by atoms with Gasteiger partial charge in [-0.1, -0.05) is 44.9 Å². The zero-order chi connectivity index (χ0) is 14.3. The molecule has 0 heterocycles. The first kappa shape index (κ1) is 16.0. The molecule has 0 radical (unpaired) electrons. The topological polar surface area (TPSA) is 21.3 Å². The van der Waals surface area contributed by atoms with E-state index in [9.17, 15) is 0 Å². The van der Waals surface area contributed by atoms with Crippen LogP contribution in [0.4, 0.5) is 0 Å². The number of benzene rings is 1. The Morgan fingerprint density at radius 3 is 2.58 bits per heavy atom. The smallest absolute Gasteiger partial charge is 0.122 e. The fraction of sp³-hybridized carbons (Fsp3) is 0.647. The number of hydrogen-bond donors (Lipinski definition) is 1. The summed E-state index contributed by atoms with van der Waals surface area (Å²) in [5.41, 5.74) is 2.62. The van der Waals surface area contributed by atoms with Gasteiger partial charge in [0.1, 0.15) is 5.75 Å². The lowest BCUT2D eigenvalue weighted by Crippen LogP contribution is -2.37. The summed E-state index contributed by atoms with van der Waals surface area (Å²) in [4.78, 5) is 0. The SMILES string of the molecule is CCCNC(Cc1cc(C)ccc1OC)C(C)CC. The summed E-state index contributed by atoms with van der Waals surface area (Å²) >= 11 is 0. The van der Waals surface area contributed by atoms with Gasteiger partial charge in [-0.2, -0.15) is 0 Å². The predicted molar refractivity (Wildman–Crippen MR) is 83.0 cm³/mol. The van der Waals surface area contributed by atoms with E-state index in [1.165, 1.54) is 24.0 Å². The van der Waals surface area contributed by atoms with Gasteiger partial charge in [0.25, 0.3) is 0 Å². The Bertz CT molecular complexity index is 376. The van der Waals surface area contributed by atoms with Crippen molar-refractivity contribution in [3.05, 3.63) is 29.3 Å². The van der Waals surface area contributed by atoms with Crippen LogP contribution in [-0.4, -0.2) is 19.7 Å². The maximum atomic E-state index is 5.49. The molecule has 1 N–H and O–H groups in total. The summed E-state index contributed by atoms with van der Waals surface area (Å²) in [5, 5.41) is 3.68. The van der Waals surface area contributed by atoms with Crippen molar-refractivity contribution in [2.45, 2.75) is 53.0 Å². The third-order valence-electron chi connectivity index (χ3n) is 3.86. The highest BCUT2D eigenvalue weighted by molar-refractivity contribution is 5.37. The zero-order valence-electron chi connectivity index (χ0n) is 13.1. The van der Waals surface area contributed by atoms with Gasteiger partial charge in [0.2, 0.25) is 0 Å². The predicted octanol–water partition coefficient (Wildman–Crippen LogP) is 3.96. The summed E-state index contributed by atoms with van der Waals surface area (Å²) in [5.74, 6) is 1.69. The average molecular weight is 263 g/mol. The first-order chi connectivity index (χ1) is 9.12. The molecule has 0 spiro atoms. The van der Waals surface area contributed by atoms with Crippen LogP contribution in [0.1, 0.15) is 44.7 Å². The molecule has 19 heavy (non-hydrogen) atoms. The number of aryl methyl sites for hydroxylation is 1. The largest absolute Gasteiger partial charge is 0.496 e. The molecule has 108 valence electrons. The van der Waals surface area contributed by atoms with E-state index in [1.807, 2.05) is 0 Å². The number of ether oxygens (including phenoxy) is 1. The van der Waals surface area contributed by atoms with E-state index in [0.29, 0.717) is 12.0 Å². The van der Waals surface area contributed by atoms with Gasteiger partial charge in [0, 0.05) is 6.04 Å². The monoisotopic (exact) mass is 263 g/mol. The van der Waals surface area contributed by atoms with Crippen LogP contribution < -0.4 is 10.1 Å². The van der Waals surface area contributed by atoms with Crippen LogP contribution in [0.3, 0.4) is 0 Å². The van der Waals surface area contributed by atoms with Gasteiger partial charge < -0.3 is 10.1 Å².